The number of aromatic amines is 1. The van der Waals surface area contributed by atoms with Crippen molar-refractivity contribution < 1.29 is 5.11 Å². The standard InChI is InChI=1S/C5H9N3O/c9-3-1-2-5-4-6-8-7-5/h4,9H,1-3H2,(H,6,7,8). The fourth-order valence-electron chi connectivity index (χ4n) is 0.606. The highest BCUT2D eigenvalue weighted by atomic mass is 16.2. The second-order valence-corrected chi connectivity index (χ2v) is 1.79. The van der Waals surface area contributed by atoms with Gasteiger partial charge in [-0.2, -0.15) is 15.4 Å². The van der Waals surface area contributed by atoms with Crippen molar-refractivity contribution in [2.75, 3.05) is 6.61 Å². The smallest absolute Gasteiger partial charge is 0.0825 e. The summed E-state index contributed by atoms with van der Waals surface area (Å²) in [7, 11) is 0. The van der Waals surface area contributed by atoms with Crippen molar-refractivity contribution in [1.29, 1.82) is 0 Å². The molecule has 0 saturated carbocycles. The van der Waals surface area contributed by atoms with Gasteiger partial charge in [0.1, 0.15) is 0 Å². The molecule has 1 heterocycles. The number of H-pyrrole nitrogens is 1. The Morgan fingerprint density at radius 2 is 2.56 bits per heavy atom. The van der Waals surface area contributed by atoms with E-state index < -0.39 is 0 Å². The van der Waals surface area contributed by atoms with Crippen molar-refractivity contribution in [2.24, 2.45) is 0 Å². The number of aliphatic hydroxyl groups excluding tert-OH is 1. The van der Waals surface area contributed by atoms with Gasteiger partial charge in [-0.1, -0.05) is 0 Å². The minimum absolute atomic E-state index is 0.215. The minimum atomic E-state index is 0.215. The number of hydrogen-bond donors (Lipinski definition) is 2. The van der Waals surface area contributed by atoms with Crippen molar-refractivity contribution in [3.8, 4) is 0 Å². The second-order valence-electron chi connectivity index (χ2n) is 1.79. The summed E-state index contributed by atoms with van der Waals surface area (Å²) < 4.78 is 0. The molecule has 0 spiro atoms. The molecule has 0 fully saturated rings. The highest BCUT2D eigenvalue weighted by molar-refractivity contribution is 4.89. The monoisotopic (exact) mass is 127 g/mol. The maximum Gasteiger partial charge on any atom is 0.0825 e. The molecule has 0 aliphatic heterocycles. The average molecular weight is 127 g/mol. The molecule has 0 amide bonds. The normalized spacial score (nSPS) is 9.89. The quantitative estimate of drug-likeness (QED) is 0.587. The number of aromatic nitrogens is 3. The van der Waals surface area contributed by atoms with E-state index in [0.29, 0.717) is 0 Å². The molecule has 0 unspecified atom stereocenters. The van der Waals surface area contributed by atoms with E-state index in [0.717, 1.165) is 18.5 Å². The molecule has 2 N–H and O–H groups in total. The maximum atomic E-state index is 8.41. The summed E-state index contributed by atoms with van der Waals surface area (Å²) in [6.07, 6.45) is 3.22. The van der Waals surface area contributed by atoms with E-state index in [-0.39, 0.29) is 6.61 Å². The van der Waals surface area contributed by atoms with Crippen molar-refractivity contribution in [3.05, 3.63) is 11.9 Å². The Bertz CT molecular complexity index is 149. The predicted octanol–water partition coefficient (Wildman–Crippen LogP) is -0.270. The summed E-state index contributed by atoms with van der Waals surface area (Å²) in [5.74, 6) is 0. The first-order valence-electron chi connectivity index (χ1n) is 2.89. The molecular weight excluding hydrogens is 118 g/mol. The largest absolute Gasteiger partial charge is 0.396 e. The molecule has 0 aliphatic carbocycles. The molecule has 4 heteroatoms. The van der Waals surface area contributed by atoms with Crippen LogP contribution in [-0.4, -0.2) is 27.1 Å². The first-order valence-corrected chi connectivity index (χ1v) is 2.89. The van der Waals surface area contributed by atoms with Gasteiger partial charge < -0.3 is 5.11 Å². The van der Waals surface area contributed by atoms with Crippen LogP contribution in [0.2, 0.25) is 0 Å². The lowest BCUT2D eigenvalue weighted by molar-refractivity contribution is 0.288. The van der Waals surface area contributed by atoms with Crippen LogP contribution in [0.25, 0.3) is 0 Å². The third-order valence-corrected chi connectivity index (χ3v) is 1.06. The highest BCUT2D eigenvalue weighted by Crippen LogP contribution is 1.92. The van der Waals surface area contributed by atoms with Crippen LogP contribution >= 0.6 is 0 Å². The Labute approximate surface area is 52.9 Å². The molecule has 1 rings (SSSR count). The lowest BCUT2D eigenvalue weighted by Gasteiger charge is -1.87. The van der Waals surface area contributed by atoms with Gasteiger partial charge in [-0.05, 0) is 12.8 Å². The Morgan fingerprint density at radius 3 is 3.11 bits per heavy atom. The van der Waals surface area contributed by atoms with E-state index in [4.69, 9.17) is 5.11 Å². The van der Waals surface area contributed by atoms with Gasteiger partial charge in [-0.25, -0.2) is 0 Å². The Hall–Kier alpha value is -0.900. The fraction of sp³-hybridized carbons (Fsp3) is 0.600. The fourth-order valence-corrected chi connectivity index (χ4v) is 0.606. The molecule has 9 heavy (non-hydrogen) atoms. The zero-order valence-electron chi connectivity index (χ0n) is 5.04. The summed E-state index contributed by atoms with van der Waals surface area (Å²) >= 11 is 0. The highest BCUT2D eigenvalue weighted by Gasteiger charge is 1.92. The van der Waals surface area contributed by atoms with Gasteiger partial charge in [-0.3, -0.25) is 0 Å². The van der Waals surface area contributed by atoms with Gasteiger partial charge in [0.05, 0.1) is 11.9 Å². The number of rotatable bonds is 3. The molecule has 1 aromatic heterocycles. The SMILES string of the molecule is OCCCc1cn[nH]n1. The van der Waals surface area contributed by atoms with Crippen LogP contribution < -0.4 is 0 Å². The Kier molecular flexibility index (Phi) is 2.21. The molecule has 0 aliphatic rings. The lowest BCUT2D eigenvalue weighted by atomic mass is 10.3. The van der Waals surface area contributed by atoms with Crippen molar-refractivity contribution in [2.45, 2.75) is 12.8 Å². The molecule has 0 aromatic carbocycles. The maximum absolute atomic E-state index is 8.41. The predicted molar refractivity (Wildman–Crippen MR) is 31.8 cm³/mol. The van der Waals surface area contributed by atoms with Crippen molar-refractivity contribution >= 4 is 0 Å². The number of nitrogens with one attached hydrogen (secondary N) is 1. The van der Waals surface area contributed by atoms with Crippen LogP contribution in [0.3, 0.4) is 0 Å². The molecule has 50 valence electrons. The molecule has 1 aromatic rings. The van der Waals surface area contributed by atoms with E-state index in [1.165, 1.54) is 0 Å². The molecule has 0 radical (unpaired) electrons. The first kappa shape index (κ1) is 6.22. The van der Waals surface area contributed by atoms with Crippen LogP contribution in [0.5, 0.6) is 0 Å². The molecule has 0 saturated heterocycles. The third-order valence-electron chi connectivity index (χ3n) is 1.06. The summed E-state index contributed by atoms with van der Waals surface area (Å²) in [5.41, 5.74) is 0.907. The number of aryl methyl sites for hydroxylation is 1. The van der Waals surface area contributed by atoms with Gasteiger partial charge in [0.15, 0.2) is 0 Å². The van der Waals surface area contributed by atoms with Crippen LogP contribution in [0.1, 0.15) is 12.1 Å². The molecule has 0 atom stereocenters. The van der Waals surface area contributed by atoms with E-state index in [1.54, 1.807) is 6.20 Å². The van der Waals surface area contributed by atoms with Gasteiger partial charge in [0, 0.05) is 6.61 Å². The zero-order chi connectivity index (χ0) is 6.53. The van der Waals surface area contributed by atoms with Gasteiger partial charge >= 0.3 is 0 Å². The van der Waals surface area contributed by atoms with E-state index in [9.17, 15) is 0 Å². The number of hydrogen-bond acceptors (Lipinski definition) is 3. The zero-order valence-corrected chi connectivity index (χ0v) is 5.04. The van der Waals surface area contributed by atoms with E-state index >= 15 is 0 Å². The second kappa shape index (κ2) is 3.19. The van der Waals surface area contributed by atoms with E-state index in [2.05, 4.69) is 15.4 Å². The van der Waals surface area contributed by atoms with Crippen LogP contribution in [0.15, 0.2) is 6.20 Å². The van der Waals surface area contributed by atoms with Crippen molar-refractivity contribution in [3.63, 3.8) is 0 Å². The number of nitrogens with zero attached hydrogens (tertiary/aromatic N) is 2. The first-order chi connectivity index (χ1) is 4.43. The Balaban J connectivity index is 2.30. The minimum Gasteiger partial charge on any atom is -0.396 e. The number of aliphatic hydroxyl groups is 1. The topological polar surface area (TPSA) is 61.8 Å². The van der Waals surface area contributed by atoms with Gasteiger partial charge in [0.25, 0.3) is 0 Å². The van der Waals surface area contributed by atoms with E-state index in [1.807, 2.05) is 0 Å². The summed E-state index contributed by atoms with van der Waals surface area (Å²) in [5, 5.41) is 18.3. The van der Waals surface area contributed by atoms with Gasteiger partial charge in [-0.15, -0.1) is 0 Å². The van der Waals surface area contributed by atoms with Gasteiger partial charge in [0.2, 0.25) is 0 Å². The molecule has 0 bridgehead atoms. The lowest BCUT2D eigenvalue weighted by Crippen LogP contribution is -1.88. The molecule has 4 nitrogen and oxygen atoms in total. The van der Waals surface area contributed by atoms with Crippen LogP contribution in [0, 0.1) is 0 Å². The van der Waals surface area contributed by atoms with Crippen molar-refractivity contribution in [1.82, 2.24) is 15.4 Å². The summed E-state index contributed by atoms with van der Waals surface area (Å²) in [6, 6.07) is 0. The van der Waals surface area contributed by atoms with Crippen LogP contribution in [-0.2, 0) is 6.42 Å². The summed E-state index contributed by atoms with van der Waals surface area (Å²) in [6.45, 7) is 0.215. The molecular formula is C5H9N3O. The summed E-state index contributed by atoms with van der Waals surface area (Å²) in [4.78, 5) is 0. The Morgan fingerprint density at radius 1 is 1.67 bits per heavy atom. The average Bonchev–Trinajstić information content (AvgIpc) is 2.34. The third kappa shape index (κ3) is 1.81. The van der Waals surface area contributed by atoms with Crippen LogP contribution in [0.4, 0.5) is 0 Å².